The molecule has 7 aromatic carbocycles. The van der Waals surface area contributed by atoms with E-state index in [1.165, 1.54) is 27.8 Å². The van der Waals surface area contributed by atoms with Gasteiger partial charge in [-0.2, -0.15) is 0 Å². The summed E-state index contributed by atoms with van der Waals surface area (Å²) in [5.41, 5.74) is 14.8. The molecule has 0 saturated carbocycles. The Morgan fingerprint density at radius 3 is 2.07 bits per heavy atom. The molecule has 61 heavy (non-hydrogen) atoms. The van der Waals surface area contributed by atoms with Gasteiger partial charge in [-0.25, -0.2) is 4.98 Å². The smallest absolute Gasteiger partial charge is 0.268 e. The molecular formula is C56H46N4O. The van der Waals surface area contributed by atoms with Crippen molar-refractivity contribution in [2.75, 3.05) is 0 Å². The Morgan fingerprint density at radius 2 is 1.30 bits per heavy atom. The third-order valence-electron chi connectivity index (χ3n) is 11.7. The third kappa shape index (κ3) is 7.19. The van der Waals surface area contributed by atoms with E-state index in [-0.39, 0.29) is 5.41 Å². The number of pyridine rings is 1. The van der Waals surface area contributed by atoms with E-state index in [2.05, 4.69) is 226 Å². The van der Waals surface area contributed by atoms with Crippen molar-refractivity contribution in [2.24, 2.45) is 0 Å². The summed E-state index contributed by atoms with van der Waals surface area (Å²) in [6.07, 6.45) is 9.69. The Bertz CT molecular complexity index is 3200. The van der Waals surface area contributed by atoms with Gasteiger partial charge in [-0.15, -0.1) is 0 Å². The second-order valence-corrected chi connectivity index (χ2v) is 16.9. The van der Waals surface area contributed by atoms with Crippen LogP contribution in [0.2, 0.25) is 0 Å². The van der Waals surface area contributed by atoms with Crippen LogP contribution in [0.1, 0.15) is 37.5 Å². The van der Waals surface area contributed by atoms with Gasteiger partial charge in [0.25, 0.3) is 6.33 Å². The first-order valence-corrected chi connectivity index (χ1v) is 20.9. The summed E-state index contributed by atoms with van der Waals surface area (Å²) in [5.74, 6) is 2.31. The van der Waals surface area contributed by atoms with Crippen LogP contribution in [0.5, 0.6) is 11.5 Å². The fourth-order valence-electron chi connectivity index (χ4n) is 8.60. The topological polar surface area (TPSA) is 35.9 Å². The van der Waals surface area contributed by atoms with Crippen molar-refractivity contribution in [1.82, 2.24) is 14.1 Å². The van der Waals surface area contributed by atoms with E-state index in [1.54, 1.807) is 0 Å². The van der Waals surface area contributed by atoms with E-state index in [1.807, 2.05) is 16.8 Å². The van der Waals surface area contributed by atoms with Crippen molar-refractivity contribution in [3.8, 4) is 62.1 Å². The van der Waals surface area contributed by atoms with Crippen LogP contribution in [0.15, 0.2) is 188 Å². The molecule has 0 N–H and O–H groups in total. The summed E-state index contributed by atoms with van der Waals surface area (Å²) in [5, 5.41) is 2.30. The van der Waals surface area contributed by atoms with Crippen molar-refractivity contribution < 1.29 is 9.30 Å². The normalized spacial score (nSPS) is 11.7. The molecule has 0 aliphatic heterocycles. The fraction of sp³-hybridized carbons (Fsp3) is 0.107. The SMILES string of the molecule is Cc1cccc(C)c1-c1ccnc(-n2c3ccccc3c3ccc(Oc4cc(-c5ccccc5)cc(-n5[c-][n+](-c6ccc(C(C)(C)C)cc6-c6ccccc6)cc5)c4)cc32)c1. The second kappa shape index (κ2) is 15.3. The zero-order valence-corrected chi connectivity index (χ0v) is 35.1. The molecule has 3 heterocycles. The fourth-order valence-corrected chi connectivity index (χ4v) is 8.60. The lowest BCUT2D eigenvalue weighted by molar-refractivity contribution is -0.598. The van der Waals surface area contributed by atoms with E-state index in [0.29, 0.717) is 0 Å². The number of rotatable bonds is 8. The van der Waals surface area contributed by atoms with Gasteiger partial charge in [-0.3, -0.25) is 13.7 Å². The van der Waals surface area contributed by atoms with Gasteiger partial charge in [0, 0.05) is 35.4 Å². The summed E-state index contributed by atoms with van der Waals surface area (Å²) in [7, 11) is 0. The molecule has 0 spiro atoms. The van der Waals surface area contributed by atoms with E-state index in [4.69, 9.17) is 9.72 Å². The number of ether oxygens (including phenoxy) is 1. The molecule has 0 unspecified atom stereocenters. The number of hydrogen-bond donors (Lipinski definition) is 0. The van der Waals surface area contributed by atoms with Gasteiger partial charge >= 0.3 is 0 Å². The minimum Gasteiger partial charge on any atom is -0.458 e. The van der Waals surface area contributed by atoms with E-state index in [0.717, 1.165) is 72.8 Å². The summed E-state index contributed by atoms with van der Waals surface area (Å²) in [4.78, 5) is 4.95. The van der Waals surface area contributed by atoms with Crippen LogP contribution in [0.3, 0.4) is 0 Å². The lowest BCUT2D eigenvalue weighted by atomic mass is 9.85. The number of fused-ring (bicyclic) bond motifs is 3. The molecule has 0 atom stereocenters. The monoisotopic (exact) mass is 790 g/mol. The van der Waals surface area contributed by atoms with E-state index >= 15 is 0 Å². The van der Waals surface area contributed by atoms with E-state index < -0.39 is 0 Å². The number of aryl methyl sites for hydroxylation is 2. The standard InChI is InChI=1S/C56H46N4O/c1-38-15-14-16-39(2)55(38)42-27-28-57-54(33-42)60-52-22-13-12-21-48(52)49-25-24-46(36-53(49)60)61-47-32-43(40-17-8-6-9-18-40)31-45(35-47)58-29-30-59(37-58)51-26-23-44(56(3,4)5)34-50(51)41-19-10-7-11-20-41/h6-36H,1-5H3. The molecule has 3 aromatic heterocycles. The molecule has 5 heteroatoms. The third-order valence-corrected chi connectivity index (χ3v) is 11.7. The van der Waals surface area contributed by atoms with Crippen LogP contribution in [0, 0.1) is 20.2 Å². The average Bonchev–Trinajstić information content (AvgIpc) is 3.90. The van der Waals surface area contributed by atoms with Gasteiger partial charge in [0.2, 0.25) is 0 Å². The zero-order chi connectivity index (χ0) is 41.7. The van der Waals surface area contributed by atoms with Gasteiger partial charge in [-0.1, -0.05) is 130 Å². The number of nitrogens with zero attached hydrogens (tertiary/aromatic N) is 4. The lowest BCUT2D eigenvalue weighted by Gasteiger charge is -2.22. The maximum atomic E-state index is 6.87. The highest BCUT2D eigenvalue weighted by Gasteiger charge is 2.19. The predicted molar refractivity (Wildman–Crippen MR) is 249 cm³/mol. The first kappa shape index (κ1) is 37.7. The molecule has 0 fully saturated rings. The highest BCUT2D eigenvalue weighted by Crippen LogP contribution is 2.38. The number of para-hydroxylation sites is 1. The molecule has 5 nitrogen and oxygen atoms in total. The maximum absolute atomic E-state index is 6.87. The number of hydrogen-bond acceptors (Lipinski definition) is 2. The number of imidazole rings is 1. The van der Waals surface area contributed by atoms with Crippen molar-refractivity contribution in [3.63, 3.8) is 0 Å². The molecule has 10 rings (SSSR count). The van der Waals surface area contributed by atoms with Gasteiger partial charge in [-0.05, 0) is 124 Å². The Morgan fingerprint density at radius 1 is 0.574 bits per heavy atom. The van der Waals surface area contributed by atoms with Crippen molar-refractivity contribution >= 4 is 21.8 Å². The average molecular weight is 791 g/mol. The van der Waals surface area contributed by atoms with Crippen LogP contribution in [0.4, 0.5) is 0 Å². The molecule has 0 amide bonds. The van der Waals surface area contributed by atoms with Gasteiger partial charge in [0.15, 0.2) is 0 Å². The summed E-state index contributed by atoms with van der Waals surface area (Å²) >= 11 is 0. The second-order valence-electron chi connectivity index (χ2n) is 16.9. The minimum atomic E-state index is 0.0144. The summed E-state index contributed by atoms with van der Waals surface area (Å²) in [6, 6.07) is 59.9. The highest BCUT2D eigenvalue weighted by atomic mass is 16.5. The number of benzene rings is 7. The first-order chi connectivity index (χ1) is 29.7. The predicted octanol–water partition coefficient (Wildman–Crippen LogP) is 13.8. The first-order valence-electron chi connectivity index (χ1n) is 20.9. The Kier molecular flexibility index (Phi) is 9.45. The van der Waals surface area contributed by atoms with Crippen molar-refractivity contribution in [1.29, 1.82) is 0 Å². The lowest BCUT2D eigenvalue weighted by Crippen LogP contribution is -2.29. The van der Waals surface area contributed by atoms with Gasteiger partial charge < -0.3 is 4.74 Å². The van der Waals surface area contributed by atoms with Crippen LogP contribution < -0.4 is 9.30 Å². The minimum absolute atomic E-state index is 0.0144. The molecular weight excluding hydrogens is 745 g/mol. The molecule has 0 aliphatic carbocycles. The van der Waals surface area contributed by atoms with Crippen LogP contribution in [0.25, 0.3) is 72.4 Å². The Hall–Kier alpha value is -7.50. The molecule has 0 bridgehead atoms. The summed E-state index contributed by atoms with van der Waals surface area (Å²) < 4.78 is 13.3. The van der Waals surface area contributed by atoms with E-state index in [9.17, 15) is 0 Å². The molecule has 0 aliphatic rings. The Balaban J connectivity index is 1.07. The zero-order valence-electron chi connectivity index (χ0n) is 35.1. The summed E-state index contributed by atoms with van der Waals surface area (Å²) in [6.45, 7) is 11.1. The molecule has 296 valence electrons. The van der Waals surface area contributed by atoms with Gasteiger partial charge in [0.1, 0.15) is 17.3 Å². The maximum Gasteiger partial charge on any atom is 0.268 e. The van der Waals surface area contributed by atoms with Crippen LogP contribution in [-0.2, 0) is 5.41 Å². The Labute approximate surface area is 357 Å². The van der Waals surface area contributed by atoms with Crippen LogP contribution >= 0.6 is 0 Å². The van der Waals surface area contributed by atoms with Crippen LogP contribution in [-0.4, -0.2) is 14.1 Å². The number of aromatic nitrogens is 4. The largest absolute Gasteiger partial charge is 0.458 e. The molecule has 0 radical (unpaired) electrons. The molecule has 10 aromatic rings. The van der Waals surface area contributed by atoms with Crippen molar-refractivity contribution in [3.05, 3.63) is 211 Å². The van der Waals surface area contributed by atoms with Gasteiger partial charge in [0.05, 0.1) is 22.4 Å². The molecule has 0 saturated heterocycles. The highest BCUT2D eigenvalue weighted by molar-refractivity contribution is 6.09. The van der Waals surface area contributed by atoms with Crippen molar-refractivity contribution in [2.45, 2.75) is 40.0 Å². The quantitative estimate of drug-likeness (QED) is 0.114.